The first-order valence-electron chi connectivity index (χ1n) is 5.77. The van der Waals surface area contributed by atoms with Crippen LogP contribution >= 0.6 is 11.3 Å². The predicted octanol–water partition coefficient (Wildman–Crippen LogP) is 2.80. The molecule has 0 aliphatic carbocycles. The van der Waals surface area contributed by atoms with Crippen LogP contribution in [0.1, 0.15) is 20.8 Å². The van der Waals surface area contributed by atoms with Crippen molar-refractivity contribution in [2.45, 2.75) is 6.92 Å². The lowest BCUT2D eigenvalue weighted by Crippen LogP contribution is -2.10. The number of thiazole rings is 1. The topological polar surface area (TPSA) is 79.3 Å². The number of hydrogen-bond donors (Lipinski definition) is 2. The van der Waals surface area contributed by atoms with Crippen LogP contribution in [0.4, 0.5) is 5.69 Å². The molecule has 0 atom stereocenters. The van der Waals surface area contributed by atoms with Crippen LogP contribution in [0.15, 0.2) is 36.0 Å². The first-order chi connectivity index (χ1) is 9.54. The van der Waals surface area contributed by atoms with Gasteiger partial charge in [-0.15, -0.1) is 11.3 Å². The highest BCUT2D eigenvalue weighted by molar-refractivity contribution is 7.11. The molecule has 20 heavy (non-hydrogen) atoms. The van der Waals surface area contributed by atoms with E-state index in [2.05, 4.69) is 10.3 Å². The second-order valence-corrected chi connectivity index (χ2v) is 5.01. The summed E-state index contributed by atoms with van der Waals surface area (Å²) in [6, 6.07) is 5.37. The van der Waals surface area contributed by atoms with Gasteiger partial charge in [-0.3, -0.25) is 9.78 Å². The van der Waals surface area contributed by atoms with Gasteiger partial charge in [0, 0.05) is 11.8 Å². The summed E-state index contributed by atoms with van der Waals surface area (Å²) in [4.78, 5) is 26.8. The second-order valence-electron chi connectivity index (χ2n) is 4.12. The number of aromatic nitrogens is 1. The molecule has 2 aromatic rings. The van der Waals surface area contributed by atoms with Gasteiger partial charge in [-0.2, -0.15) is 0 Å². The van der Waals surface area contributed by atoms with Crippen molar-refractivity contribution < 1.29 is 14.7 Å². The fourth-order valence-corrected chi connectivity index (χ4v) is 2.18. The van der Waals surface area contributed by atoms with Gasteiger partial charge in [0.05, 0.1) is 11.7 Å². The van der Waals surface area contributed by atoms with E-state index in [0.29, 0.717) is 16.1 Å². The molecule has 1 heterocycles. The number of carbonyl (C=O) groups is 2. The van der Waals surface area contributed by atoms with E-state index in [-0.39, 0.29) is 5.91 Å². The van der Waals surface area contributed by atoms with Gasteiger partial charge in [-0.25, -0.2) is 4.79 Å². The first kappa shape index (κ1) is 14.0. The number of benzene rings is 1. The van der Waals surface area contributed by atoms with E-state index in [1.54, 1.807) is 11.6 Å². The van der Waals surface area contributed by atoms with E-state index >= 15 is 0 Å². The summed E-state index contributed by atoms with van der Waals surface area (Å²) >= 11 is 1.26. The van der Waals surface area contributed by atoms with Crippen molar-refractivity contribution in [3.63, 3.8) is 0 Å². The summed E-state index contributed by atoms with van der Waals surface area (Å²) < 4.78 is 0. The highest BCUT2D eigenvalue weighted by atomic mass is 32.1. The fraction of sp³-hybridized carbons (Fsp3) is 0.0714. The highest BCUT2D eigenvalue weighted by Gasteiger charge is 2.08. The van der Waals surface area contributed by atoms with Gasteiger partial charge in [0.2, 0.25) is 0 Å². The number of nitrogens with zero attached hydrogens (tertiary/aromatic N) is 1. The van der Waals surface area contributed by atoms with Crippen molar-refractivity contribution in [2.24, 2.45) is 0 Å². The van der Waals surface area contributed by atoms with E-state index in [4.69, 9.17) is 5.11 Å². The van der Waals surface area contributed by atoms with E-state index in [1.165, 1.54) is 23.6 Å². The second kappa shape index (κ2) is 6.12. The summed E-state index contributed by atoms with van der Waals surface area (Å²) in [6.45, 7) is 1.88. The molecule has 5 nitrogen and oxygen atoms in total. The van der Waals surface area contributed by atoms with Crippen LogP contribution in [0.3, 0.4) is 0 Å². The lowest BCUT2D eigenvalue weighted by atomic mass is 10.1. The number of aryl methyl sites for hydroxylation is 1. The zero-order valence-electron chi connectivity index (χ0n) is 10.7. The molecular weight excluding hydrogens is 276 g/mol. The smallest absolute Gasteiger partial charge is 0.328 e. The molecule has 102 valence electrons. The van der Waals surface area contributed by atoms with Gasteiger partial charge in [0.25, 0.3) is 5.91 Å². The van der Waals surface area contributed by atoms with Crippen LogP contribution in [0.5, 0.6) is 0 Å². The van der Waals surface area contributed by atoms with E-state index in [0.717, 1.165) is 11.6 Å². The standard InChI is InChI=1S/C14H12N2O3S/c1-9-4-10(2-3-13(17)18)6-11(5-9)16-14(19)12-7-15-8-20-12/h2-8H,1H3,(H,16,19)(H,17,18)/b3-2+. The lowest BCUT2D eigenvalue weighted by molar-refractivity contribution is -0.131. The van der Waals surface area contributed by atoms with Crippen molar-refractivity contribution in [3.8, 4) is 0 Å². The summed E-state index contributed by atoms with van der Waals surface area (Å²) in [5.74, 6) is -1.24. The van der Waals surface area contributed by atoms with Crippen LogP contribution in [-0.4, -0.2) is 22.0 Å². The van der Waals surface area contributed by atoms with E-state index in [1.807, 2.05) is 19.1 Å². The summed E-state index contributed by atoms with van der Waals surface area (Å²) in [7, 11) is 0. The van der Waals surface area contributed by atoms with E-state index < -0.39 is 5.97 Å². The SMILES string of the molecule is Cc1cc(/C=C/C(=O)O)cc(NC(=O)c2cncs2)c1. The Morgan fingerprint density at radius 3 is 2.80 bits per heavy atom. The number of amides is 1. The molecule has 0 radical (unpaired) electrons. The Kier molecular flexibility index (Phi) is 4.27. The molecule has 1 aromatic heterocycles. The molecule has 0 saturated carbocycles. The molecule has 1 amide bonds. The molecule has 0 saturated heterocycles. The predicted molar refractivity (Wildman–Crippen MR) is 77.9 cm³/mol. The number of carbonyl (C=O) groups excluding carboxylic acids is 1. The number of carboxylic acids is 1. The maximum atomic E-state index is 11.9. The molecule has 0 aliphatic rings. The number of aliphatic carboxylic acids is 1. The molecule has 0 bridgehead atoms. The molecule has 6 heteroatoms. The zero-order valence-corrected chi connectivity index (χ0v) is 11.5. The summed E-state index contributed by atoms with van der Waals surface area (Å²) in [6.07, 6.45) is 4.04. The summed E-state index contributed by atoms with van der Waals surface area (Å²) in [5, 5.41) is 11.4. The zero-order chi connectivity index (χ0) is 14.5. The molecule has 0 aliphatic heterocycles. The fourth-order valence-electron chi connectivity index (χ4n) is 1.67. The third-order valence-corrected chi connectivity index (χ3v) is 3.20. The highest BCUT2D eigenvalue weighted by Crippen LogP contribution is 2.17. The van der Waals surface area contributed by atoms with Crippen LogP contribution < -0.4 is 5.32 Å². The van der Waals surface area contributed by atoms with Crippen molar-refractivity contribution in [1.29, 1.82) is 0 Å². The van der Waals surface area contributed by atoms with Crippen LogP contribution in [0.2, 0.25) is 0 Å². The Labute approximate surface area is 119 Å². The number of carboxylic acid groups (broad SMARTS) is 1. The molecule has 0 spiro atoms. The minimum atomic E-state index is -1.01. The minimum Gasteiger partial charge on any atom is -0.478 e. The Morgan fingerprint density at radius 1 is 1.35 bits per heavy atom. The quantitative estimate of drug-likeness (QED) is 0.848. The number of rotatable bonds is 4. The molecule has 0 unspecified atom stereocenters. The molecular formula is C14H12N2O3S. The average Bonchev–Trinajstić information content (AvgIpc) is 2.89. The van der Waals surface area contributed by atoms with Crippen LogP contribution in [0, 0.1) is 6.92 Å². The molecule has 1 aromatic carbocycles. The van der Waals surface area contributed by atoms with Gasteiger partial charge in [-0.05, 0) is 36.3 Å². The van der Waals surface area contributed by atoms with Gasteiger partial charge < -0.3 is 10.4 Å². The van der Waals surface area contributed by atoms with E-state index in [9.17, 15) is 9.59 Å². The van der Waals surface area contributed by atoms with Crippen molar-refractivity contribution in [1.82, 2.24) is 4.98 Å². The normalized spacial score (nSPS) is 10.7. The first-order valence-corrected chi connectivity index (χ1v) is 6.65. The molecule has 2 rings (SSSR count). The molecule has 0 fully saturated rings. The Morgan fingerprint density at radius 2 is 2.15 bits per heavy atom. The number of anilines is 1. The lowest BCUT2D eigenvalue weighted by Gasteiger charge is -2.06. The monoisotopic (exact) mass is 288 g/mol. The average molecular weight is 288 g/mol. The van der Waals surface area contributed by atoms with Crippen LogP contribution in [0.25, 0.3) is 6.08 Å². The third kappa shape index (κ3) is 3.76. The maximum absolute atomic E-state index is 11.9. The van der Waals surface area contributed by atoms with Gasteiger partial charge in [0.15, 0.2) is 0 Å². The number of nitrogens with one attached hydrogen (secondary N) is 1. The Bertz CT molecular complexity index is 663. The largest absolute Gasteiger partial charge is 0.478 e. The Balaban J connectivity index is 2.20. The molecule has 2 N–H and O–H groups in total. The summed E-state index contributed by atoms with van der Waals surface area (Å²) in [5.41, 5.74) is 3.85. The van der Waals surface area contributed by atoms with Crippen molar-refractivity contribution in [2.75, 3.05) is 5.32 Å². The number of hydrogen-bond acceptors (Lipinski definition) is 4. The van der Waals surface area contributed by atoms with Gasteiger partial charge >= 0.3 is 5.97 Å². The van der Waals surface area contributed by atoms with Gasteiger partial charge in [0.1, 0.15) is 4.88 Å². The van der Waals surface area contributed by atoms with Gasteiger partial charge in [-0.1, -0.05) is 6.07 Å². The van der Waals surface area contributed by atoms with Crippen molar-refractivity contribution in [3.05, 3.63) is 52.0 Å². The van der Waals surface area contributed by atoms with Crippen LogP contribution in [-0.2, 0) is 4.79 Å². The third-order valence-electron chi connectivity index (χ3n) is 2.43. The maximum Gasteiger partial charge on any atom is 0.328 e. The minimum absolute atomic E-state index is 0.230. The van der Waals surface area contributed by atoms with Crippen molar-refractivity contribution >= 4 is 35.0 Å². The Hall–Kier alpha value is -2.47.